The van der Waals surface area contributed by atoms with Crippen molar-refractivity contribution in [2.24, 2.45) is 0 Å². The van der Waals surface area contributed by atoms with Gasteiger partial charge in [-0.15, -0.1) is 0 Å². The molecule has 22 heavy (non-hydrogen) atoms. The van der Waals surface area contributed by atoms with Gasteiger partial charge in [-0.2, -0.15) is 0 Å². The number of aryl methyl sites for hydroxylation is 1. The van der Waals surface area contributed by atoms with E-state index in [0.29, 0.717) is 16.5 Å². The first-order valence-electron chi connectivity index (χ1n) is 7.26. The van der Waals surface area contributed by atoms with Gasteiger partial charge in [0.25, 0.3) is 0 Å². The van der Waals surface area contributed by atoms with Crippen molar-refractivity contribution >= 4 is 10.8 Å². The molecule has 0 saturated heterocycles. The molecular formula is C19H15F3. The SMILES string of the molecule is CCCc1ccc(-c2ccc3c(F)c(F)ccc3c2)c(F)c1. The summed E-state index contributed by atoms with van der Waals surface area (Å²) in [7, 11) is 0. The molecule has 3 aromatic rings. The van der Waals surface area contributed by atoms with Crippen LogP contribution in [0.15, 0.2) is 48.5 Å². The van der Waals surface area contributed by atoms with E-state index in [-0.39, 0.29) is 11.2 Å². The van der Waals surface area contributed by atoms with Gasteiger partial charge in [0, 0.05) is 10.9 Å². The van der Waals surface area contributed by atoms with Crippen LogP contribution in [0.2, 0.25) is 0 Å². The van der Waals surface area contributed by atoms with Crippen LogP contribution in [0.5, 0.6) is 0 Å². The first kappa shape index (κ1) is 14.6. The van der Waals surface area contributed by atoms with Crippen molar-refractivity contribution < 1.29 is 13.2 Å². The van der Waals surface area contributed by atoms with E-state index in [1.807, 2.05) is 13.0 Å². The molecule has 0 N–H and O–H groups in total. The summed E-state index contributed by atoms with van der Waals surface area (Å²) < 4.78 is 41.2. The number of benzene rings is 3. The Morgan fingerprint density at radius 3 is 2.36 bits per heavy atom. The lowest BCUT2D eigenvalue weighted by Crippen LogP contribution is -1.91. The molecule has 0 unspecified atom stereocenters. The Morgan fingerprint density at radius 2 is 1.64 bits per heavy atom. The molecule has 0 saturated carbocycles. The maximum absolute atomic E-state index is 14.3. The smallest absolute Gasteiger partial charge is 0.166 e. The van der Waals surface area contributed by atoms with Gasteiger partial charge >= 0.3 is 0 Å². The zero-order chi connectivity index (χ0) is 15.7. The minimum Gasteiger partial charge on any atom is -0.206 e. The van der Waals surface area contributed by atoms with Crippen LogP contribution in [0.25, 0.3) is 21.9 Å². The summed E-state index contributed by atoms with van der Waals surface area (Å²) in [6, 6.07) is 12.5. The molecule has 0 aliphatic heterocycles. The van der Waals surface area contributed by atoms with E-state index < -0.39 is 11.6 Å². The molecule has 0 atom stereocenters. The van der Waals surface area contributed by atoms with Crippen molar-refractivity contribution in [1.29, 1.82) is 0 Å². The van der Waals surface area contributed by atoms with Crippen molar-refractivity contribution in [3.63, 3.8) is 0 Å². The predicted octanol–water partition coefficient (Wildman–Crippen LogP) is 5.88. The molecule has 3 aromatic carbocycles. The monoisotopic (exact) mass is 300 g/mol. The molecular weight excluding hydrogens is 285 g/mol. The Balaban J connectivity index is 2.09. The molecule has 0 nitrogen and oxygen atoms in total. The number of hydrogen-bond donors (Lipinski definition) is 0. The van der Waals surface area contributed by atoms with Crippen LogP contribution in [0.1, 0.15) is 18.9 Å². The highest BCUT2D eigenvalue weighted by molar-refractivity contribution is 5.88. The van der Waals surface area contributed by atoms with E-state index in [0.717, 1.165) is 24.5 Å². The summed E-state index contributed by atoms with van der Waals surface area (Å²) in [5.41, 5.74) is 2.07. The summed E-state index contributed by atoms with van der Waals surface area (Å²) in [6.07, 6.45) is 1.79. The van der Waals surface area contributed by atoms with Gasteiger partial charge in [-0.3, -0.25) is 0 Å². The third-order valence-electron chi connectivity index (χ3n) is 3.79. The highest BCUT2D eigenvalue weighted by Crippen LogP contribution is 2.29. The van der Waals surface area contributed by atoms with Crippen LogP contribution in [0.3, 0.4) is 0 Å². The largest absolute Gasteiger partial charge is 0.206 e. The molecule has 0 aliphatic rings. The maximum Gasteiger partial charge on any atom is 0.166 e. The maximum atomic E-state index is 14.3. The first-order valence-corrected chi connectivity index (χ1v) is 7.26. The Kier molecular flexibility index (Phi) is 3.88. The average Bonchev–Trinajstić information content (AvgIpc) is 2.51. The summed E-state index contributed by atoms with van der Waals surface area (Å²) >= 11 is 0. The third-order valence-corrected chi connectivity index (χ3v) is 3.79. The minimum atomic E-state index is -0.879. The number of fused-ring (bicyclic) bond motifs is 1. The summed E-state index contributed by atoms with van der Waals surface area (Å²) in [5, 5.41) is 0.750. The lowest BCUT2D eigenvalue weighted by molar-refractivity contribution is 0.517. The van der Waals surface area contributed by atoms with Gasteiger partial charge in [-0.1, -0.05) is 43.7 Å². The van der Waals surface area contributed by atoms with E-state index in [1.165, 1.54) is 18.2 Å². The van der Waals surface area contributed by atoms with Gasteiger partial charge in [-0.05, 0) is 41.1 Å². The molecule has 0 amide bonds. The van der Waals surface area contributed by atoms with Gasteiger partial charge < -0.3 is 0 Å². The second-order valence-electron chi connectivity index (χ2n) is 5.36. The van der Waals surface area contributed by atoms with Gasteiger partial charge in [0.05, 0.1) is 0 Å². The van der Waals surface area contributed by atoms with Crippen molar-refractivity contribution in [3.05, 3.63) is 71.5 Å². The van der Waals surface area contributed by atoms with E-state index in [1.54, 1.807) is 18.2 Å². The lowest BCUT2D eigenvalue weighted by atomic mass is 9.98. The van der Waals surface area contributed by atoms with E-state index in [2.05, 4.69) is 0 Å². The summed E-state index contributed by atoms with van der Waals surface area (Å²) in [5.74, 6) is -2.05. The first-order chi connectivity index (χ1) is 10.6. The summed E-state index contributed by atoms with van der Waals surface area (Å²) in [4.78, 5) is 0. The van der Waals surface area contributed by atoms with Crippen LogP contribution in [-0.4, -0.2) is 0 Å². The molecule has 0 radical (unpaired) electrons. The average molecular weight is 300 g/mol. The predicted molar refractivity (Wildman–Crippen MR) is 83.3 cm³/mol. The van der Waals surface area contributed by atoms with E-state index >= 15 is 0 Å². The fraction of sp³-hybridized carbons (Fsp3) is 0.158. The van der Waals surface area contributed by atoms with Crippen molar-refractivity contribution in [3.8, 4) is 11.1 Å². The van der Waals surface area contributed by atoms with Crippen LogP contribution in [0.4, 0.5) is 13.2 Å². The Bertz CT molecular complexity index is 837. The van der Waals surface area contributed by atoms with E-state index in [9.17, 15) is 13.2 Å². The second kappa shape index (κ2) is 5.84. The molecule has 0 aliphatic carbocycles. The third kappa shape index (κ3) is 2.59. The quantitative estimate of drug-likeness (QED) is 0.567. The standard InChI is InChI=1S/C19H15F3/c1-2-3-12-4-7-15(18(21)10-12)13-5-8-16-14(11-13)6-9-17(20)19(16)22/h4-11H,2-3H2,1H3. The van der Waals surface area contributed by atoms with Crippen LogP contribution in [0, 0.1) is 17.5 Å². The molecule has 112 valence electrons. The van der Waals surface area contributed by atoms with E-state index in [4.69, 9.17) is 0 Å². The fourth-order valence-electron chi connectivity index (χ4n) is 2.67. The van der Waals surface area contributed by atoms with Gasteiger partial charge in [0.15, 0.2) is 11.6 Å². The zero-order valence-electron chi connectivity index (χ0n) is 12.2. The molecule has 3 rings (SSSR count). The van der Waals surface area contributed by atoms with Crippen LogP contribution in [-0.2, 0) is 6.42 Å². The number of halogens is 3. The second-order valence-corrected chi connectivity index (χ2v) is 5.36. The van der Waals surface area contributed by atoms with Gasteiger partial charge in [0.1, 0.15) is 5.82 Å². The molecule has 0 heterocycles. The molecule has 0 aromatic heterocycles. The highest BCUT2D eigenvalue weighted by atomic mass is 19.2. The minimum absolute atomic E-state index is 0.201. The van der Waals surface area contributed by atoms with Crippen molar-refractivity contribution in [1.82, 2.24) is 0 Å². The zero-order valence-corrected chi connectivity index (χ0v) is 12.2. The van der Waals surface area contributed by atoms with Gasteiger partial charge in [0.2, 0.25) is 0 Å². The molecule has 0 spiro atoms. The molecule has 0 fully saturated rings. The van der Waals surface area contributed by atoms with Crippen molar-refractivity contribution in [2.45, 2.75) is 19.8 Å². The highest BCUT2D eigenvalue weighted by Gasteiger charge is 2.10. The van der Waals surface area contributed by atoms with Crippen LogP contribution < -0.4 is 0 Å². The number of hydrogen-bond acceptors (Lipinski definition) is 0. The van der Waals surface area contributed by atoms with Gasteiger partial charge in [-0.25, -0.2) is 13.2 Å². The van der Waals surface area contributed by atoms with Crippen LogP contribution >= 0.6 is 0 Å². The topological polar surface area (TPSA) is 0 Å². The fourth-order valence-corrected chi connectivity index (χ4v) is 2.67. The number of rotatable bonds is 3. The summed E-state index contributed by atoms with van der Waals surface area (Å²) in [6.45, 7) is 2.04. The normalized spacial score (nSPS) is 11.1. The van der Waals surface area contributed by atoms with Crippen molar-refractivity contribution in [2.75, 3.05) is 0 Å². The Labute approximate surface area is 127 Å². The molecule has 0 bridgehead atoms. The molecule has 3 heteroatoms. The Hall–Kier alpha value is -2.29. The Morgan fingerprint density at radius 1 is 0.818 bits per heavy atom. The lowest BCUT2D eigenvalue weighted by Gasteiger charge is -2.08.